The summed E-state index contributed by atoms with van der Waals surface area (Å²) >= 11 is 0. The van der Waals surface area contributed by atoms with Crippen molar-refractivity contribution < 1.29 is 9.90 Å². The number of aliphatic carboxylic acids is 1. The van der Waals surface area contributed by atoms with Crippen LogP contribution in [0.3, 0.4) is 0 Å². The van der Waals surface area contributed by atoms with Crippen molar-refractivity contribution in [3.63, 3.8) is 0 Å². The van der Waals surface area contributed by atoms with Gasteiger partial charge in [0.25, 0.3) is 0 Å². The maximum absolute atomic E-state index is 10.6. The molecule has 1 aliphatic rings. The average molecular weight is 178 g/mol. The van der Waals surface area contributed by atoms with Crippen molar-refractivity contribution in [2.75, 3.05) is 5.73 Å². The first kappa shape index (κ1) is 8.04. The lowest BCUT2D eigenvalue weighted by atomic mass is 10.1. The molecule has 4 heteroatoms. The third-order valence-electron chi connectivity index (χ3n) is 2.35. The van der Waals surface area contributed by atoms with Crippen LogP contribution in [0.25, 0.3) is 0 Å². The van der Waals surface area contributed by atoms with Gasteiger partial charge in [-0.15, -0.1) is 0 Å². The molecule has 0 amide bonds. The predicted octanol–water partition coefficient (Wildman–Crippen LogP) is 0.852. The van der Waals surface area contributed by atoms with Crippen LogP contribution in [0.2, 0.25) is 0 Å². The predicted molar refractivity (Wildman–Crippen MR) is 47.1 cm³/mol. The van der Waals surface area contributed by atoms with Gasteiger partial charge in [-0.05, 0) is 24.0 Å². The van der Waals surface area contributed by atoms with Gasteiger partial charge in [-0.25, -0.2) is 4.98 Å². The summed E-state index contributed by atoms with van der Waals surface area (Å²) in [6.45, 7) is 0. The van der Waals surface area contributed by atoms with Crippen molar-refractivity contribution >= 4 is 11.8 Å². The molecule has 0 radical (unpaired) electrons. The molecule has 2 atom stereocenters. The Morgan fingerprint density at radius 2 is 2.38 bits per heavy atom. The molecule has 1 heterocycles. The third-order valence-corrected chi connectivity index (χ3v) is 2.35. The second-order valence-corrected chi connectivity index (χ2v) is 3.30. The Hall–Kier alpha value is -1.58. The maximum Gasteiger partial charge on any atom is 0.307 e. The highest BCUT2D eigenvalue weighted by molar-refractivity contribution is 5.75. The van der Waals surface area contributed by atoms with Gasteiger partial charge < -0.3 is 10.8 Å². The Morgan fingerprint density at radius 3 is 2.85 bits per heavy atom. The quantitative estimate of drug-likeness (QED) is 0.703. The van der Waals surface area contributed by atoms with Gasteiger partial charge in [-0.2, -0.15) is 0 Å². The van der Waals surface area contributed by atoms with Crippen LogP contribution in [-0.2, 0) is 4.79 Å². The molecule has 0 aliphatic heterocycles. The van der Waals surface area contributed by atoms with E-state index in [2.05, 4.69) is 4.98 Å². The molecule has 4 nitrogen and oxygen atoms in total. The van der Waals surface area contributed by atoms with Crippen molar-refractivity contribution in [3.05, 3.63) is 23.9 Å². The number of hydrogen-bond donors (Lipinski definition) is 2. The SMILES string of the molecule is Nc1ccc(C2CC2C(=O)O)cn1. The zero-order valence-corrected chi connectivity index (χ0v) is 6.97. The molecule has 1 aromatic rings. The number of carbonyl (C=O) groups is 1. The first-order valence-corrected chi connectivity index (χ1v) is 4.12. The summed E-state index contributed by atoms with van der Waals surface area (Å²) in [5, 5.41) is 8.69. The fraction of sp³-hybridized carbons (Fsp3) is 0.333. The van der Waals surface area contributed by atoms with Crippen LogP contribution in [0, 0.1) is 5.92 Å². The molecule has 1 fully saturated rings. The number of aromatic nitrogens is 1. The summed E-state index contributed by atoms with van der Waals surface area (Å²) in [5.74, 6) is -0.325. The van der Waals surface area contributed by atoms with Crippen molar-refractivity contribution in [1.82, 2.24) is 4.98 Å². The van der Waals surface area contributed by atoms with Crippen molar-refractivity contribution in [2.45, 2.75) is 12.3 Å². The molecule has 1 aliphatic carbocycles. The molecule has 1 saturated carbocycles. The van der Waals surface area contributed by atoms with E-state index in [1.54, 1.807) is 12.3 Å². The zero-order valence-electron chi connectivity index (χ0n) is 6.97. The normalized spacial score (nSPS) is 25.5. The first-order valence-electron chi connectivity index (χ1n) is 4.12. The topological polar surface area (TPSA) is 76.2 Å². The Bertz CT molecular complexity index is 334. The highest BCUT2D eigenvalue weighted by Crippen LogP contribution is 2.47. The molecule has 1 aromatic heterocycles. The second-order valence-electron chi connectivity index (χ2n) is 3.30. The van der Waals surface area contributed by atoms with E-state index in [9.17, 15) is 4.79 Å². The van der Waals surface area contributed by atoms with E-state index in [0.29, 0.717) is 5.82 Å². The number of nitrogens with two attached hydrogens (primary N) is 1. The fourth-order valence-electron chi connectivity index (χ4n) is 1.47. The van der Waals surface area contributed by atoms with Gasteiger partial charge in [-0.3, -0.25) is 4.79 Å². The van der Waals surface area contributed by atoms with Gasteiger partial charge in [0.1, 0.15) is 5.82 Å². The van der Waals surface area contributed by atoms with Crippen LogP contribution in [0.15, 0.2) is 18.3 Å². The Balaban J connectivity index is 2.12. The Kier molecular flexibility index (Phi) is 1.69. The molecule has 0 saturated heterocycles. The number of rotatable bonds is 2. The maximum atomic E-state index is 10.6. The number of carboxylic acid groups (broad SMARTS) is 1. The van der Waals surface area contributed by atoms with Gasteiger partial charge >= 0.3 is 5.97 Å². The summed E-state index contributed by atoms with van der Waals surface area (Å²) in [6, 6.07) is 3.54. The van der Waals surface area contributed by atoms with E-state index in [1.165, 1.54) is 0 Å². The van der Waals surface area contributed by atoms with Crippen molar-refractivity contribution in [1.29, 1.82) is 0 Å². The third kappa shape index (κ3) is 1.47. The monoisotopic (exact) mass is 178 g/mol. The van der Waals surface area contributed by atoms with Crippen molar-refractivity contribution in [3.8, 4) is 0 Å². The number of nitrogens with zero attached hydrogens (tertiary/aromatic N) is 1. The van der Waals surface area contributed by atoms with E-state index >= 15 is 0 Å². The van der Waals surface area contributed by atoms with Gasteiger partial charge in [0.05, 0.1) is 5.92 Å². The smallest absolute Gasteiger partial charge is 0.307 e. The number of hydrogen-bond acceptors (Lipinski definition) is 3. The fourth-order valence-corrected chi connectivity index (χ4v) is 1.47. The van der Waals surface area contributed by atoms with Gasteiger partial charge in [0.2, 0.25) is 0 Å². The molecule has 2 rings (SSSR count). The molecule has 13 heavy (non-hydrogen) atoms. The van der Waals surface area contributed by atoms with Crippen LogP contribution < -0.4 is 5.73 Å². The second kappa shape index (κ2) is 2.73. The summed E-state index contributed by atoms with van der Waals surface area (Å²) in [7, 11) is 0. The Morgan fingerprint density at radius 1 is 1.62 bits per heavy atom. The number of pyridine rings is 1. The molecule has 3 N–H and O–H groups in total. The van der Waals surface area contributed by atoms with Gasteiger partial charge in [0, 0.05) is 6.20 Å². The van der Waals surface area contributed by atoms with E-state index in [0.717, 1.165) is 12.0 Å². The Labute approximate surface area is 75.4 Å². The minimum atomic E-state index is -0.721. The lowest BCUT2D eigenvalue weighted by Crippen LogP contribution is -1.99. The molecule has 0 aromatic carbocycles. The summed E-state index contributed by atoms with van der Waals surface area (Å²) in [5.41, 5.74) is 6.39. The standard InChI is InChI=1S/C9H10N2O2/c10-8-2-1-5(4-11-8)6-3-7(6)9(12)13/h1-2,4,6-7H,3H2,(H2,10,11)(H,12,13). The van der Waals surface area contributed by atoms with E-state index in [-0.39, 0.29) is 11.8 Å². The minimum Gasteiger partial charge on any atom is -0.481 e. The number of nitrogen functional groups attached to an aromatic ring is 1. The summed E-state index contributed by atoms with van der Waals surface area (Å²) in [4.78, 5) is 14.5. The number of anilines is 1. The van der Waals surface area contributed by atoms with Gasteiger partial charge in [-0.1, -0.05) is 6.07 Å². The highest BCUT2D eigenvalue weighted by atomic mass is 16.4. The van der Waals surface area contributed by atoms with E-state index in [1.807, 2.05) is 6.07 Å². The molecular weight excluding hydrogens is 168 g/mol. The van der Waals surface area contributed by atoms with Crippen LogP contribution in [0.4, 0.5) is 5.82 Å². The lowest BCUT2D eigenvalue weighted by Gasteiger charge is -1.97. The van der Waals surface area contributed by atoms with Crippen molar-refractivity contribution in [2.24, 2.45) is 5.92 Å². The lowest BCUT2D eigenvalue weighted by molar-refractivity contribution is -0.138. The molecule has 2 unspecified atom stereocenters. The summed E-state index contributed by atoms with van der Waals surface area (Å²) in [6.07, 6.45) is 2.38. The van der Waals surface area contributed by atoms with Gasteiger partial charge in [0.15, 0.2) is 0 Å². The van der Waals surface area contributed by atoms with Crippen LogP contribution in [0.5, 0.6) is 0 Å². The molecule has 0 bridgehead atoms. The summed E-state index contributed by atoms with van der Waals surface area (Å²) < 4.78 is 0. The molecule has 0 spiro atoms. The van der Waals surface area contributed by atoms with Crippen LogP contribution >= 0.6 is 0 Å². The zero-order chi connectivity index (χ0) is 9.42. The number of carboxylic acids is 1. The van der Waals surface area contributed by atoms with Crippen LogP contribution in [-0.4, -0.2) is 16.1 Å². The average Bonchev–Trinajstić information content (AvgIpc) is 2.85. The molecular formula is C9H10N2O2. The molecule has 68 valence electrons. The van der Waals surface area contributed by atoms with Crippen LogP contribution in [0.1, 0.15) is 17.9 Å². The minimum absolute atomic E-state index is 0.144. The largest absolute Gasteiger partial charge is 0.481 e. The highest BCUT2D eigenvalue weighted by Gasteiger charge is 2.44. The van der Waals surface area contributed by atoms with E-state index < -0.39 is 5.97 Å². The first-order chi connectivity index (χ1) is 6.18. The van der Waals surface area contributed by atoms with E-state index in [4.69, 9.17) is 10.8 Å².